The molecular weight excluding hydrogens is 364 g/mol. The van der Waals surface area contributed by atoms with Gasteiger partial charge in [0, 0.05) is 18.8 Å². The zero-order valence-electron chi connectivity index (χ0n) is 16.3. The van der Waals surface area contributed by atoms with E-state index < -0.39 is 12.2 Å². The summed E-state index contributed by atoms with van der Waals surface area (Å²) in [4.78, 5) is 23.3. The number of hydrogen-bond donors (Lipinski definition) is 2. The molecule has 2 aliphatic carbocycles. The molecule has 2 rings (SSSR count). The Bertz CT molecular complexity index is 501. The number of Topliss-reactive ketones (excluding diaryl/α,β-unsaturated/α-hetero) is 1. The first-order valence-electron chi connectivity index (χ1n) is 10.3. The van der Waals surface area contributed by atoms with Gasteiger partial charge in [-0.3, -0.25) is 9.59 Å². The number of aliphatic hydroxyl groups is 2. The van der Waals surface area contributed by atoms with Gasteiger partial charge in [0.15, 0.2) is 0 Å². The van der Waals surface area contributed by atoms with Crippen LogP contribution in [0.1, 0.15) is 64.2 Å². The minimum atomic E-state index is -0.649. The van der Waals surface area contributed by atoms with Crippen LogP contribution in [-0.4, -0.2) is 52.3 Å². The molecule has 0 saturated heterocycles. The number of hydrogen-bond acceptors (Lipinski definition) is 6. The molecule has 2 N–H and O–H groups in total. The van der Waals surface area contributed by atoms with Gasteiger partial charge in [-0.15, -0.1) is 11.8 Å². The van der Waals surface area contributed by atoms with Crippen LogP contribution in [0, 0.1) is 11.8 Å². The quantitative estimate of drug-likeness (QED) is 0.334. The standard InChI is InChI=1S/C21H34O5S/c1-26-20(25)10-6-3-7-13-27-21-16(18(23)14-19(21)24)11-12-17(22)15-8-4-2-5-9-15/h11-12,15-18,21-23H,2-10,13-14H2,1H3/b12-11+/t16-,17+,18+,21+/m0/s1. The number of ketones is 1. The van der Waals surface area contributed by atoms with E-state index in [0.717, 1.165) is 37.9 Å². The van der Waals surface area contributed by atoms with E-state index in [-0.39, 0.29) is 29.3 Å². The Balaban J connectivity index is 1.77. The van der Waals surface area contributed by atoms with Gasteiger partial charge < -0.3 is 14.9 Å². The van der Waals surface area contributed by atoms with E-state index in [4.69, 9.17) is 0 Å². The van der Waals surface area contributed by atoms with Crippen molar-refractivity contribution in [3.63, 3.8) is 0 Å². The van der Waals surface area contributed by atoms with Crippen molar-refractivity contribution in [3.8, 4) is 0 Å². The van der Waals surface area contributed by atoms with Crippen LogP contribution in [0.2, 0.25) is 0 Å². The maximum Gasteiger partial charge on any atom is 0.305 e. The highest BCUT2D eigenvalue weighted by molar-refractivity contribution is 8.00. The third kappa shape index (κ3) is 7.24. The second-order valence-corrected chi connectivity index (χ2v) is 9.02. The van der Waals surface area contributed by atoms with Crippen LogP contribution in [0.3, 0.4) is 0 Å². The molecule has 2 aliphatic rings. The van der Waals surface area contributed by atoms with E-state index in [2.05, 4.69) is 4.74 Å². The Kier molecular flexibility index (Phi) is 9.87. The van der Waals surface area contributed by atoms with Crippen molar-refractivity contribution < 1.29 is 24.5 Å². The fourth-order valence-corrected chi connectivity index (χ4v) is 5.44. The maximum atomic E-state index is 12.3. The fraction of sp³-hybridized carbons (Fsp3) is 0.810. The second-order valence-electron chi connectivity index (χ2n) is 7.77. The minimum absolute atomic E-state index is 0.101. The highest BCUT2D eigenvalue weighted by Crippen LogP contribution is 2.35. The summed E-state index contributed by atoms with van der Waals surface area (Å²) in [6.45, 7) is 0. The number of esters is 1. The molecule has 0 aromatic carbocycles. The molecule has 0 heterocycles. The number of methoxy groups -OCH3 is 1. The smallest absolute Gasteiger partial charge is 0.305 e. The SMILES string of the molecule is COC(=O)CCCCCS[C@H]1C(=O)C[C@@H](O)[C@@H]1/C=C/[C@@H](O)C1CCCCC1. The van der Waals surface area contributed by atoms with Crippen LogP contribution in [0.5, 0.6) is 0 Å². The Morgan fingerprint density at radius 3 is 2.70 bits per heavy atom. The fourth-order valence-electron chi connectivity index (χ4n) is 4.04. The van der Waals surface area contributed by atoms with Crippen molar-refractivity contribution in [2.45, 2.75) is 81.7 Å². The molecule has 0 spiro atoms. The zero-order valence-corrected chi connectivity index (χ0v) is 17.2. The van der Waals surface area contributed by atoms with Gasteiger partial charge in [0.2, 0.25) is 0 Å². The van der Waals surface area contributed by atoms with Gasteiger partial charge in [0.05, 0.1) is 24.6 Å². The van der Waals surface area contributed by atoms with Crippen LogP contribution in [0.25, 0.3) is 0 Å². The molecule has 2 saturated carbocycles. The Hall–Kier alpha value is -0.850. The molecule has 0 aromatic rings. The number of rotatable bonds is 10. The highest BCUT2D eigenvalue weighted by atomic mass is 32.2. The number of carbonyl (C=O) groups is 2. The monoisotopic (exact) mass is 398 g/mol. The van der Waals surface area contributed by atoms with Crippen LogP contribution in [0.4, 0.5) is 0 Å². The highest BCUT2D eigenvalue weighted by Gasteiger charge is 2.40. The van der Waals surface area contributed by atoms with Crippen molar-refractivity contribution in [1.82, 2.24) is 0 Å². The molecule has 0 amide bonds. The normalized spacial score (nSPS) is 28.0. The average molecular weight is 399 g/mol. The Morgan fingerprint density at radius 2 is 2.00 bits per heavy atom. The van der Waals surface area contributed by atoms with E-state index >= 15 is 0 Å². The molecule has 0 unspecified atom stereocenters. The summed E-state index contributed by atoms with van der Waals surface area (Å²) >= 11 is 1.60. The number of aliphatic hydroxyl groups excluding tert-OH is 2. The molecule has 2 fully saturated rings. The largest absolute Gasteiger partial charge is 0.469 e. The first-order valence-corrected chi connectivity index (χ1v) is 11.3. The topological polar surface area (TPSA) is 83.8 Å². The summed E-state index contributed by atoms with van der Waals surface area (Å²) in [5.74, 6) is 0.850. The maximum absolute atomic E-state index is 12.3. The van der Waals surface area contributed by atoms with Crippen LogP contribution < -0.4 is 0 Å². The van der Waals surface area contributed by atoms with Crippen LogP contribution in [-0.2, 0) is 14.3 Å². The summed E-state index contributed by atoms with van der Waals surface area (Å²) in [6, 6.07) is 0. The summed E-state index contributed by atoms with van der Waals surface area (Å²) < 4.78 is 4.62. The van der Waals surface area contributed by atoms with E-state index in [1.54, 1.807) is 11.8 Å². The zero-order chi connectivity index (χ0) is 19.6. The van der Waals surface area contributed by atoms with E-state index in [0.29, 0.717) is 12.3 Å². The van der Waals surface area contributed by atoms with Crippen molar-refractivity contribution >= 4 is 23.5 Å². The lowest BCUT2D eigenvalue weighted by Gasteiger charge is -2.25. The van der Waals surface area contributed by atoms with Gasteiger partial charge in [0.25, 0.3) is 0 Å². The molecule has 0 aliphatic heterocycles. The van der Waals surface area contributed by atoms with Gasteiger partial charge in [-0.25, -0.2) is 0 Å². The van der Waals surface area contributed by atoms with E-state index in [1.165, 1.54) is 26.4 Å². The van der Waals surface area contributed by atoms with Crippen molar-refractivity contribution in [2.24, 2.45) is 11.8 Å². The van der Waals surface area contributed by atoms with Crippen molar-refractivity contribution in [2.75, 3.05) is 12.9 Å². The third-order valence-corrected chi connectivity index (χ3v) is 7.20. The van der Waals surface area contributed by atoms with E-state index in [9.17, 15) is 19.8 Å². The van der Waals surface area contributed by atoms with Gasteiger partial charge >= 0.3 is 5.97 Å². The van der Waals surface area contributed by atoms with Gasteiger partial charge in [-0.05, 0) is 37.4 Å². The van der Waals surface area contributed by atoms with Gasteiger partial charge in [0.1, 0.15) is 5.78 Å². The molecule has 6 heteroatoms. The number of unbranched alkanes of at least 4 members (excludes halogenated alkanes) is 2. The molecule has 0 aromatic heterocycles. The predicted molar refractivity (Wildman–Crippen MR) is 108 cm³/mol. The first kappa shape index (κ1) is 22.4. The second kappa shape index (κ2) is 11.9. The lowest BCUT2D eigenvalue weighted by Crippen LogP contribution is -2.24. The lowest BCUT2D eigenvalue weighted by atomic mass is 9.85. The summed E-state index contributed by atoms with van der Waals surface area (Å²) in [7, 11) is 1.40. The van der Waals surface area contributed by atoms with Crippen LogP contribution in [0.15, 0.2) is 12.2 Å². The summed E-state index contributed by atoms with van der Waals surface area (Å²) in [5, 5.41) is 20.5. The Labute approximate surface area is 166 Å². The molecule has 27 heavy (non-hydrogen) atoms. The average Bonchev–Trinajstić information content (AvgIpc) is 2.95. The molecular formula is C21H34O5S. The minimum Gasteiger partial charge on any atom is -0.469 e. The molecule has 5 nitrogen and oxygen atoms in total. The molecule has 4 atom stereocenters. The lowest BCUT2D eigenvalue weighted by molar-refractivity contribution is -0.140. The number of thioether (sulfide) groups is 1. The van der Waals surface area contributed by atoms with Crippen molar-refractivity contribution in [3.05, 3.63) is 12.2 Å². The predicted octanol–water partition coefficient (Wildman–Crippen LogP) is 3.27. The molecule has 154 valence electrons. The number of carbonyl (C=O) groups excluding carboxylic acids is 2. The first-order chi connectivity index (χ1) is 13.0. The number of ether oxygens (including phenoxy) is 1. The van der Waals surface area contributed by atoms with Gasteiger partial charge in [-0.1, -0.05) is 37.8 Å². The summed E-state index contributed by atoms with van der Waals surface area (Å²) in [6.07, 6.45) is 11.6. The molecule has 0 radical (unpaired) electrons. The van der Waals surface area contributed by atoms with Gasteiger partial charge in [-0.2, -0.15) is 0 Å². The third-order valence-electron chi connectivity index (χ3n) is 5.74. The van der Waals surface area contributed by atoms with Crippen molar-refractivity contribution in [1.29, 1.82) is 0 Å². The van der Waals surface area contributed by atoms with E-state index in [1.807, 2.05) is 12.2 Å². The molecule has 0 bridgehead atoms. The van der Waals surface area contributed by atoms with Crippen LogP contribution >= 0.6 is 11.8 Å². The summed E-state index contributed by atoms with van der Waals surface area (Å²) in [5.41, 5.74) is 0. The Morgan fingerprint density at radius 1 is 1.26 bits per heavy atom.